The molecule has 3 aliphatic carbocycles. The van der Waals surface area contributed by atoms with Crippen LogP contribution in [-0.4, -0.2) is 11.1 Å². The van der Waals surface area contributed by atoms with Gasteiger partial charge in [-0.05, 0) is 83.4 Å². The highest BCUT2D eigenvalue weighted by Crippen LogP contribution is 2.74. The normalized spacial score (nSPS) is 48.5. The molecule has 1 aromatic rings. The van der Waals surface area contributed by atoms with Crippen molar-refractivity contribution in [2.45, 2.75) is 77.7 Å². The molecule has 3 N–H and O–H groups in total. The molecule has 1 aromatic carbocycles. The number of aromatic hydroxyl groups is 1. The van der Waals surface area contributed by atoms with Gasteiger partial charge in [-0.25, -0.2) is 0 Å². The molecule has 0 spiro atoms. The van der Waals surface area contributed by atoms with Crippen molar-refractivity contribution in [3.05, 3.63) is 29.3 Å². The fraction of sp³-hybridized carbons (Fsp3) is 0.714. The number of nitrogens with two attached hydrogens (primary N) is 1. The third kappa shape index (κ3) is 1.54. The van der Waals surface area contributed by atoms with E-state index in [9.17, 15) is 5.11 Å². The SMILES string of the molecule is C[C@]12CCc3cc(O)ccc3[C@]1(C)CC[C@@]1(C)C(N)CC[C@]21C. The summed E-state index contributed by atoms with van der Waals surface area (Å²) in [5.74, 6) is 0.408. The van der Waals surface area contributed by atoms with Crippen LogP contribution in [0.25, 0.3) is 0 Å². The van der Waals surface area contributed by atoms with Crippen molar-refractivity contribution in [3.8, 4) is 5.75 Å². The second-order valence-electron chi connectivity index (χ2n) is 9.40. The smallest absolute Gasteiger partial charge is 0.115 e. The Balaban J connectivity index is 1.91. The average molecular weight is 313 g/mol. The minimum absolute atomic E-state index is 0.187. The number of aryl methyl sites for hydroxylation is 1. The van der Waals surface area contributed by atoms with E-state index in [2.05, 4.69) is 33.8 Å². The average Bonchev–Trinajstić information content (AvgIpc) is 2.75. The van der Waals surface area contributed by atoms with E-state index in [1.54, 1.807) is 0 Å². The number of benzene rings is 1. The van der Waals surface area contributed by atoms with E-state index in [-0.39, 0.29) is 16.2 Å². The van der Waals surface area contributed by atoms with Crippen molar-refractivity contribution in [2.24, 2.45) is 22.0 Å². The van der Waals surface area contributed by atoms with Gasteiger partial charge in [-0.3, -0.25) is 0 Å². The second-order valence-corrected chi connectivity index (χ2v) is 9.40. The Hall–Kier alpha value is -1.02. The molecule has 2 saturated carbocycles. The number of hydrogen-bond donors (Lipinski definition) is 2. The van der Waals surface area contributed by atoms with Gasteiger partial charge in [-0.1, -0.05) is 33.8 Å². The topological polar surface area (TPSA) is 46.2 Å². The fourth-order valence-corrected chi connectivity index (χ4v) is 6.91. The highest BCUT2D eigenvalue weighted by molar-refractivity contribution is 5.45. The quantitative estimate of drug-likeness (QED) is 0.739. The largest absolute Gasteiger partial charge is 0.508 e. The molecule has 4 rings (SSSR count). The molecule has 0 aliphatic heterocycles. The summed E-state index contributed by atoms with van der Waals surface area (Å²) >= 11 is 0. The third-order valence-corrected chi connectivity index (χ3v) is 9.19. The molecule has 0 saturated heterocycles. The predicted octanol–water partition coefficient (Wildman–Crippen LogP) is 4.53. The zero-order valence-corrected chi connectivity index (χ0v) is 15.1. The first-order chi connectivity index (χ1) is 10.7. The Morgan fingerprint density at radius 1 is 1.00 bits per heavy atom. The van der Waals surface area contributed by atoms with Gasteiger partial charge in [0.25, 0.3) is 0 Å². The molecule has 0 heterocycles. The zero-order valence-electron chi connectivity index (χ0n) is 15.1. The summed E-state index contributed by atoms with van der Waals surface area (Å²) in [6, 6.07) is 6.42. The summed E-state index contributed by atoms with van der Waals surface area (Å²) in [7, 11) is 0. The molecule has 23 heavy (non-hydrogen) atoms. The highest BCUT2D eigenvalue weighted by atomic mass is 16.3. The number of phenols is 1. The van der Waals surface area contributed by atoms with Gasteiger partial charge in [0.05, 0.1) is 0 Å². The van der Waals surface area contributed by atoms with Crippen LogP contribution < -0.4 is 5.73 Å². The van der Waals surface area contributed by atoms with Crippen molar-refractivity contribution in [1.29, 1.82) is 0 Å². The van der Waals surface area contributed by atoms with Gasteiger partial charge >= 0.3 is 0 Å². The Bertz CT molecular complexity index is 670. The van der Waals surface area contributed by atoms with E-state index >= 15 is 0 Å². The van der Waals surface area contributed by atoms with E-state index in [0.29, 0.717) is 17.2 Å². The summed E-state index contributed by atoms with van der Waals surface area (Å²) in [6.45, 7) is 10.0. The molecule has 3 aliphatic rings. The monoisotopic (exact) mass is 313 g/mol. The molecule has 2 heteroatoms. The first kappa shape index (κ1) is 15.5. The zero-order chi connectivity index (χ0) is 16.7. The van der Waals surface area contributed by atoms with Crippen molar-refractivity contribution in [3.63, 3.8) is 0 Å². The minimum atomic E-state index is 0.187. The van der Waals surface area contributed by atoms with Crippen LogP contribution in [-0.2, 0) is 11.8 Å². The molecular formula is C21H31NO. The molecule has 0 radical (unpaired) electrons. The highest BCUT2D eigenvalue weighted by Gasteiger charge is 2.69. The number of fused-ring (bicyclic) bond motifs is 5. The van der Waals surface area contributed by atoms with E-state index in [1.165, 1.54) is 43.2 Å². The van der Waals surface area contributed by atoms with Crippen LogP contribution in [0.4, 0.5) is 0 Å². The molecule has 0 bridgehead atoms. The Kier molecular flexibility index (Phi) is 2.92. The van der Waals surface area contributed by atoms with Crippen molar-refractivity contribution >= 4 is 0 Å². The van der Waals surface area contributed by atoms with Crippen LogP contribution in [0.1, 0.15) is 70.9 Å². The summed E-state index contributed by atoms with van der Waals surface area (Å²) in [6.07, 6.45) is 7.14. The van der Waals surface area contributed by atoms with Crippen LogP contribution >= 0.6 is 0 Å². The molecule has 5 atom stereocenters. The summed E-state index contributed by atoms with van der Waals surface area (Å²) < 4.78 is 0. The maximum atomic E-state index is 9.89. The minimum Gasteiger partial charge on any atom is -0.508 e. The van der Waals surface area contributed by atoms with Gasteiger partial charge in [-0.2, -0.15) is 0 Å². The number of rotatable bonds is 0. The third-order valence-electron chi connectivity index (χ3n) is 9.19. The molecule has 2 nitrogen and oxygen atoms in total. The lowest BCUT2D eigenvalue weighted by atomic mass is 9.36. The summed E-state index contributed by atoms with van der Waals surface area (Å²) in [5, 5.41) is 9.89. The number of phenolic OH excluding ortho intramolecular Hbond substituents is 1. The van der Waals surface area contributed by atoms with Crippen LogP contribution in [0, 0.1) is 16.2 Å². The Labute approximate surface area is 140 Å². The maximum Gasteiger partial charge on any atom is 0.115 e. The Morgan fingerprint density at radius 3 is 2.48 bits per heavy atom. The van der Waals surface area contributed by atoms with Gasteiger partial charge in [0, 0.05) is 6.04 Å². The molecule has 2 fully saturated rings. The van der Waals surface area contributed by atoms with Gasteiger partial charge in [0.1, 0.15) is 5.75 Å². The van der Waals surface area contributed by atoms with Gasteiger partial charge < -0.3 is 10.8 Å². The fourth-order valence-electron chi connectivity index (χ4n) is 6.91. The van der Waals surface area contributed by atoms with Gasteiger partial charge in [0.15, 0.2) is 0 Å². The van der Waals surface area contributed by atoms with Crippen LogP contribution in [0.5, 0.6) is 5.75 Å². The van der Waals surface area contributed by atoms with E-state index in [4.69, 9.17) is 5.73 Å². The second kappa shape index (κ2) is 4.33. The van der Waals surface area contributed by atoms with Crippen molar-refractivity contribution in [2.75, 3.05) is 0 Å². The first-order valence-corrected chi connectivity index (χ1v) is 9.26. The lowest BCUT2D eigenvalue weighted by Crippen LogP contribution is -2.64. The van der Waals surface area contributed by atoms with E-state index in [0.717, 1.165) is 6.42 Å². The maximum absolute atomic E-state index is 9.89. The van der Waals surface area contributed by atoms with Crippen molar-refractivity contribution < 1.29 is 5.11 Å². The Morgan fingerprint density at radius 2 is 1.74 bits per heavy atom. The molecule has 0 amide bonds. The predicted molar refractivity (Wildman–Crippen MR) is 94.5 cm³/mol. The number of hydrogen-bond acceptors (Lipinski definition) is 2. The van der Waals surface area contributed by atoms with Gasteiger partial charge in [0.2, 0.25) is 0 Å². The lowest BCUT2D eigenvalue weighted by molar-refractivity contribution is -0.141. The first-order valence-electron chi connectivity index (χ1n) is 9.26. The van der Waals surface area contributed by atoms with Gasteiger partial charge in [-0.15, -0.1) is 0 Å². The van der Waals surface area contributed by atoms with E-state index in [1.807, 2.05) is 12.1 Å². The standard InChI is InChI=1S/C21H31NO/c1-18-11-12-19(2)17(22)8-10-21(19,4)20(18,3)9-7-14-13-15(23)5-6-16(14)18/h5-6,13,17,23H,7-12,22H2,1-4H3/t17?,18-,19-,20-,21-/m0/s1. The summed E-state index contributed by atoms with van der Waals surface area (Å²) in [5.41, 5.74) is 10.5. The summed E-state index contributed by atoms with van der Waals surface area (Å²) in [4.78, 5) is 0. The molecule has 126 valence electrons. The van der Waals surface area contributed by atoms with Crippen LogP contribution in [0.15, 0.2) is 18.2 Å². The molecular weight excluding hydrogens is 282 g/mol. The van der Waals surface area contributed by atoms with Crippen molar-refractivity contribution in [1.82, 2.24) is 0 Å². The lowest BCUT2D eigenvalue weighted by Gasteiger charge is -2.68. The van der Waals surface area contributed by atoms with Crippen LogP contribution in [0.3, 0.4) is 0 Å². The van der Waals surface area contributed by atoms with E-state index < -0.39 is 0 Å². The molecule has 0 aromatic heterocycles. The molecule has 1 unspecified atom stereocenters. The van der Waals surface area contributed by atoms with Crippen LogP contribution in [0.2, 0.25) is 0 Å².